The Hall–Kier alpha value is -1.30. The molecule has 0 rings (SSSR count). The number of rotatable bonds is 2. The second-order valence-electron chi connectivity index (χ2n) is 1.67. The quantitative estimate of drug-likeness (QED) is 0.331. The summed E-state index contributed by atoms with van der Waals surface area (Å²) < 4.78 is 0. The lowest BCUT2D eigenvalue weighted by Gasteiger charge is -1.74. The molecule has 0 unspecified atom stereocenters. The van der Waals surface area contributed by atoms with Crippen LogP contribution in [-0.4, -0.2) is 4.92 Å². The molecule has 0 saturated heterocycles. The smallest absolute Gasteiger partial charge is 0.242 e. The fourth-order valence-electron chi connectivity index (χ4n) is 0.354. The van der Waals surface area contributed by atoms with Gasteiger partial charge in [0.2, 0.25) is 6.20 Å². The van der Waals surface area contributed by atoms with Crippen LogP contribution < -0.4 is 0 Å². The summed E-state index contributed by atoms with van der Waals surface area (Å²) >= 11 is 0. The number of hydrogen-bond acceptors (Lipinski definition) is 2. The van der Waals surface area contributed by atoms with Gasteiger partial charge in [0.05, 0.1) is 11.0 Å². The second kappa shape index (κ2) is 5.83. The van der Waals surface area contributed by atoms with Crippen LogP contribution in [0.5, 0.6) is 0 Å². The van der Waals surface area contributed by atoms with E-state index in [4.69, 9.17) is 0 Å². The topological polar surface area (TPSA) is 43.1 Å². The number of nitro groups is 1. The molecule has 0 fully saturated rings. The second-order valence-corrected chi connectivity index (χ2v) is 1.67. The first kappa shape index (κ1) is 8.70. The Bertz CT molecular complexity index is 186. The van der Waals surface area contributed by atoms with Crippen molar-refractivity contribution >= 4 is 0 Å². The molecule has 0 heterocycles. The zero-order valence-corrected chi connectivity index (χ0v) is 5.83. The van der Waals surface area contributed by atoms with Crippen molar-refractivity contribution in [2.24, 2.45) is 0 Å². The van der Waals surface area contributed by atoms with E-state index < -0.39 is 4.92 Å². The van der Waals surface area contributed by atoms with Gasteiger partial charge in [-0.1, -0.05) is 18.8 Å². The maximum Gasteiger partial charge on any atom is 0.242 e. The minimum Gasteiger partial charge on any atom is -0.259 e. The van der Waals surface area contributed by atoms with Gasteiger partial charge in [0.25, 0.3) is 0 Å². The third-order valence-electron chi connectivity index (χ3n) is 0.757. The lowest BCUT2D eigenvalue weighted by atomic mass is 10.3. The Labute approximate surface area is 59.9 Å². The molecule has 0 amide bonds. The van der Waals surface area contributed by atoms with Crippen LogP contribution in [-0.2, 0) is 0 Å². The molecule has 0 atom stereocenters. The molecule has 0 N–H and O–H groups in total. The minimum absolute atomic E-state index is 0.527. The first-order chi connectivity index (χ1) is 4.77. The van der Waals surface area contributed by atoms with Crippen LogP contribution in [0, 0.1) is 22.0 Å². The van der Waals surface area contributed by atoms with Crippen molar-refractivity contribution in [1.29, 1.82) is 0 Å². The number of allylic oxidation sites excluding steroid dienone is 1. The monoisotopic (exact) mass is 139 g/mol. The van der Waals surface area contributed by atoms with E-state index in [1.807, 2.05) is 6.92 Å². The molecule has 0 aromatic rings. The largest absolute Gasteiger partial charge is 0.259 e. The van der Waals surface area contributed by atoms with E-state index in [-0.39, 0.29) is 0 Å². The van der Waals surface area contributed by atoms with Crippen LogP contribution in [0.25, 0.3) is 0 Å². The summed E-state index contributed by atoms with van der Waals surface area (Å²) in [6, 6.07) is 0. The molecule has 3 nitrogen and oxygen atoms in total. The predicted molar refractivity (Wildman–Crippen MR) is 38.8 cm³/mol. The molecule has 0 aromatic carbocycles. The molecule has 0 aliphatic carbocycles. The number of nitrogens with zero attached hydrogens (tertiary/aromatic N) is 1. The minimum atomic E-state index is -0.527. The van der Waals surface area contributed by atoms with E-state index >= 15 is 0 Å². The zero-order chi connectivity index (χ0) is 7.82. The third-order valence-corrected chi connectivity index (χ3v) is 0.757. The molecule has 0 aliphatic heterocycles. The van der Waals surface area contributed by atoms with E-state index in [0.717, 1.165) is 19.0 Å². The molecule has 0 aromatic heterocycles. The van der Waals surface area contributed by atoms with Crippen molar-refractivity contribution in [1.82, 2.24) is 0 Å². The first-order valence-electron chi connectivity index (χ1n) is 3.06. The predicted octanol–water partition coefficient (Wildman–Crippen LogP) is 1.58. The van der Waals surface area contributed by atoms with Crippen molar-refractivity contribution in [2.75, 3.05) is 0 Å². The van der Waals surface area contributed by atoms with Crippen LogP contribution in [0.1, 0.15) is 19.8 Å². The Kier molecular flexibility index (Phi) is 5.07. The molecular formula is C7H9NO2. The van der Waals surface area contributed by atoms with Crippen LogP contribution >= 0.6 is 0 Å². The summed E-state index contributed by atoms with van der Waals surface area (Å²) in [4.78, 5) is 9.16. The van der Waals surface area contributed by atoms with E-state index in [1.54, 1.807) is 0 Å². The Morgan fingerprint density at radius 2 is 2.40 bits per heavy atom. The van der Waals surface area contributed by atoms with Crippen LogP contribution in [0.15, 0.2) is 12.3 Å². The lowest BCUT2D eigenvalue weighted by molar-refractivity contribution is -0.402. The molecule has 0 aliphatic rings. The molecule has 54 valence electrons. The molecule has 10 heavy (non-hydrogen) atoms. The Morgan fingerprint density at radius 3 is 2.90 bits per heavy atom. The van der Waals surface area contributed by atoms with Gasteiger partial charge in [0.15, 0.2) is 0 Å². The van der Waals surface area contributed by atoms with Gasteiger partial charge in [-0.2, -0.15) is 0 Å². The summed E-state index contributed by atoms with van der Waals surface area (Å²) in [5.41, 5.74) is 0. The highest BCUT2D eigenvalue weighted by Crippen LogP contribution is 1.81. The van der Waals surface area contributed by atoms with E-state index in [0.29, 0.717) is 0 Å². The summed E-state index contributed by atoms with van der Waals surface area (Å²) in [5.74, 6) is 5.29. The normalized spacial score (nSPS) is 8.90. The molecular weight excluding hydrogens is 130 g/mol. The van der Waals surface area contributed by atoms with Gasteiger partial charge >= 0.3 is 0 Å². The lowest BCUT2D eigenvalue weighted by Crippen LogP contribution is -1.80. The zero-order valence-electron chi connectivity index (χ0n) is 5.83. The maximum atomic E-state index is 9.68. The van der Waals surface area contributed by atoms with Gasteiger partial charge in [-0.15, -0.1) is 0 Å². The SMILES string of the molecule is CCCC#C/C=C/[N+](=O)[O-]. The highest BCUT2D eigenvalue weighted by atomic mass is 16.6. The summed E-state index contributed by atoms with van der Waals surface area (Å²) in [6.07, 6.45) is 3.86. The molecule has 3 heteroatoms. The van der Waals surface area contributed by atoms with Crippen molar-refractivity contribution in [2.45, 2.75) is 19.8 Å². The van der Waals surface area contributed by atoms with Gasteiger partial charge in [0, 0.05) is 6.42 Å². The molecule has 0 saturated carbocycles. The standard InChI is InChI=1S/C7H9NO2/c1-2-3-4-5-6-7-8(9)10/h6-7H,2-3H2,1H3/b7-6+. The molecule has 0 bridgehead atoms. The van der Waals surface area contributed by atoms with Gasteiger partial charge in [-0.05, 0) is 6.42 Å². The Morgan fingerprint density at radius 1 is 1.70 bits per heavy atom. The molecule has 0 radical (unpaired) electrons. The Balaban J connectivity index is 3.54. The van der Waals surface area contributed by atoms with E-state index in [9.17, 15) is 10.1 Å². The van der Waals surface area contributed by atoms with Gasteiger partial charge in [0.1, 0.15) is 0 Å². The van der Waals surface area contributed by atoms with Crippen molar-refractivity contribution in [3.05, 3.63) is 22.4 Å². The van der Waals surface area contributed by atoms with Crippen LogP contribution in [0.2, 0.25) is 0 Å². The average molecular weight is 139 g/mol. The highest BCUT2D eigenvalue weighted by molar-refractivity contribution is 5.13. The summed E-state index contributed by atoms with van der Waals surface area (Å²) in [5, 5.41) is 9.68. The highest BCUT2D eigenvalue weighted by Gasteiger charge is 1.77. The summed E-state index contributed by atoms with van der Waals surface area (Å²) in [7, 11) is 0. The fourth-order valence-corrected chi connectivity index (χ4v) is 0.354. The number of unbranched alkanes of at least 4 members (excludes halogenated alkanes) is 1. The molecule has 0 spiro atoms. The van der Waals surface area contributed by atoms with Gasteiger partial charge in [-0.25, -0.2) is 0 Å². The van der Waals surface area contributed by atoms with Crippen molar-refractivity contribution in [3.8, 4) is 11.8 Å². The third kappa shape index (κ3) is 6.70. The van der Waals surface area contributed by atoms with Crippen molar-refractivity contribution < 1.29 is 4.92 Å². The number of hydrogen-bond donors (Lipinski definition) is 0. The average Bonchev–Trinajstić information content (AvgIpc) is 1.87. The van der Waals surface area contributed by atoms with Gasteiger partial charge in [-0.3, -0.25) is 10.1 Å². The van der Waals surface area contributed by atoms with E-state index in [2.05, 4.69) is 11.8 Å². The fraction of sp³-hybridized carbons (Fsp3) is 0.429. The van der Waals surface area contributed by atoms with Crippen LogP contribution in [0.3, 0.4) is 0 Å². The van der Waals surface area contributed by atoms with Crippen LogP contribution in [0.4, 0.5) is 0 Å². The maximum absolute atomic E-state index is 9.68. The van der Waals surface area contributed by atoms with Gasteiger partial charge < -0.3 is 0 Å². The first-order valence-corrected chi connectivity index (χ1v) is 3.06. The van der Waals surface area contributed by atoms with Crippen molar-refractivity contribution in [3.63, 3.8) is 0 Å². The summed E-state index contributed by atoms with van der Waals surface area (Å²) in [6.45, 7) is 2.01. The van der Waals surface area contributed by atoms with E-state index in [1.165, 1.54) is 6.08 Å².